The Hall–Kier alpha value is -1.44. The van der Waals surface area contributed by atoms with Crippen LogP contribution in [0.1, 0.15) is 23.7 Å². The van der Waals surface area contributed by atoms with E-state index in [1.54, 1.807) is 12.1 Å². The summed E-state index contributed by atoms with van der Waals surface area (Å²) in [6, 6.07) is 5.24. The summed E-state index contributed by atoms with van der Waals surface area (Å²) in [5.41, 5.74) is 3.55. The molecule has 1 aromatic heterocycles. The number of benzene rings is 1. The molecule has 0 amide bonds. The molecule has 3 N–H and O–H groups in total. The topological polar surface area (TPSA) is 85.1 Å². The van der Waals surface area contributed by atoms with Crippen LogP contribution in [0, 0.1) is 6.92 Å². The Morgan fingerprint density at radius 3 is 2.65 bits per heavy atom. The second-order valence-electron chi connectivity index (χ2n) is 4.50. The molecular formula is C13H17N3O2S2. The van der Waals surface area contributed by atoms with Gasteiger partial charge in [-0.2, -0.15) is 4.37 Å². The summed E-state index contributed by atoms with van der Waals surface area (Å²) in [6.07, 6.45) is 0.625. The maximum absolute atomic E-state index is 11.6. The van der Waals surface area contributed by atoms with Crippen molar-refractivity contribution < 1.29 is 8.42 Å². The zero-order valence-electron chi connectivity index (χ0n) is 11.4. The van der Waals surface area contributed by atoms with Crippen LogP contribution in [0.3, 0.4) is 0 Å². The van der Waals surface area contributed by atoms with Crippen LogP contribution in [0.5, 0.6) is 0 Å². The molecule has 0 fully saturated rings. The Balaban J connectivity index is 2.24. The Bertz CT molecular complexity index is 708. The first-order valence-corrected chi connectivity index (χ1v) is 8.59. The molecule has 0 saturated heterocycles. The first kappa shape index (κ1) is 15.0. The number of anilines is 1. The lowest BCUT2D eigenvalue weighted by atomic mass is 10.1. The van der Waals surface area contributed by atoms with E-state index >= 15 is 0 Å². The Labute approximate surface area is 123 Å². The van der Waals surface area contributed by atoms with Crippen molar-refractivity contribution in [1.29, 1.82) is 0 Å². The Morgan fingerprint density at radius 2 is 2.10 bits per heavy atom. The maximum Gasteiger partial charge on any atom is 0.238 e. The fraction of sp³-hybridized carbons (Fsp3) is 0.308. The van der Waals surface area contributed by atoms with Gasteiger partial charge in [-0.1, -0.05) is 13.0 Å². The van der Waals surface area contributed by atoms with Crippen molar-refractivity contribution in [2.45, 2.75) is 31.7 Å². The molecule has 5 nitrogen and oxygen atoms in total. The third-order valence-corrected chi connectivity index (χ3v) is 4.85. The smallest absolute Gasteiger partial charge is 0.238 e. The summed E-state index contributed by atoms with van der Waals surface area (Å²) in [7, 11) is -3.70. The number of hydrogen-bond donors (Lipinski definition) is 2. The second kappa shape index (κ2) is 5.90. The molecule has 0 unspecified atom stereocenters. The van der Waals surface area contributed by atoms with E-state index in [1.165, 1.54) is 11.5 Å². The van der Waals surface area contributed by atoms with Crippen molar-refractivity contribution in [3.05, 3.63) is 40.4 Å². The molecular weight excluding hydrogens is 294 g/mol. The molecule has 20 heavy (non-hydrogen) atoms. The lowest BCUT2D eigenvalue weighted by Gasteiger charge is -2.10. The number of aryl methyl sites for hydroxylation is 2. The van der Waals surface area contributed by atoms with Gasteiger partial charge in [-0.15, -0.1) is 0 Å². The third kappa shape index (κ3) is 3.36. The van der Waals surface area contributed by atoms with Crippen LogP contribution in [-0.4, -0.2) is 12.8 Å². The van der Waals surface area contributed by atoms with Crippen LogP contribution in [-0.2, 0) is 23.0 Å². The van der Waals surface area contributed by atoms with Crippen LogP contribution in [0.15, 0.2) is 28.5 Å². The van der Waals surface area contributed by atoms with Crippen LogP contribution in [0.2, 0.25) is 0 Å². The van der Waals surface area contributed by atoms with Crippen molar-refractivity contribution in [3.63, 3.8) is 0 Å². The van der Waals surface area contributed by atoms with Gasteiger partial charge in [0.05, 0.1) is 10.6 Å². The number of aromatic nitrogens is 1. The van der Waals surface area contributed by atoms with Gasteiger partial charge in [-0.05, 0) is 42.6 Å². The molecule has 0 radical (unpaired) electrons. The van der Waals surface area contributed by atoms with Gasteiger partial charge in [-0.25, -0.2) is 13.6 Å². The van der Waals surface area contributed by atoms with Gasteiger partial charge in [0.25, 0.3) is 0 Å². The van der Waals surface area contributed by atoms with Gasteiger partial charge in [-0.3, -0.25) is 0 Å². The Morgan fingerprint density at radius 1 is 1.35 bits per heavy atom. The van der Waals surface area contributed by atoms with Crippen molar-refractivity contribution in [2.24, 2.45) is 5.14 Å². The van der Waals surface area contributed by atoms with Gasteiger partial charge in [0.15, 0.2) is 0 Å². The van der Waals surface area contributed by atoms with E-state index in [9.17, 15) is 8.42 Å². The first-order chi connectivity index (χ1) is 9.41. The van der Waals surface area contributed by atoms with Crippen molar-refractivity contribution in [1.82, 2.24) is 4.37 Å². The maximum atomic E-state index is 11.6. The molecule has 0 saturated carbocycles. The molecule has 108 valence electrons. The number of nitrogens with one attached hydrogen (secondary N) is 1. The molecule has 2 aromatic rings. The SMILES string of the molecule is CCc1ccc(NCc2csnc2C)cc1S(N)(=O)=O. The summed E-state index contributed by atoms with van der Waals surface area (Å²) in [4.78, 5) is 0.185. The van der Waals surface area contributed by atoms with Gasteiger partial charge in [0.1, 0.15) is 0 Å². The van der Waals surface area contributed by atoms with Crippen molar-refractivity contribution in [3.8, 4) is 0 Å². The molecule has 0 aliphatic rings. The van der Waals surface area contributed by atoms with Crippen LogP contribution >= 0.6 is 11.5 Å². The molecule has 2 rings (SSSR count). The zero-order chi connectivity index (χ0) is 14.8. The summed E-state index contributed by atoms with van der Waals surface area (Å²) in [5.74, 6) is 0. The average Bonchev–Trinajstić information content (AvgIpc) is 2.80. The monoisotopic (exact) mass is 311 g/mol. The van der Waals surface area contributed by atoms with Crippen LogP contribution < -0.4 is 10.5 Å². The van der Waals surface area contributed by atoms with E-state index in [0.717, 1.165) is 22.5 Å². The molecule has 1 heterocycles. The van der Waals surface area contributed by atoms with Crippen molar-refractivity contribution in [2.75, 3.05) is 5.32 Å². The van der Waals surface area contributed by atoms with E-state index < -0.39 is 10.0 Å². The van der Waals surface area contributed by atoms with E-state index in [2.05, 4.69) is 9.69 Å². The largest absolute Gasteiger partial charge is 0.381 e. The number of rotatable bonds is 5. The minimum Gasteiger partial charge on any atom is -0.381 e. The number of nitrogens with zero attached hydrogens (tertiary/aromatic N) is 1. The highest BCUT2D eigenvalue weighted by molar-refractivity contribution is 7.89. The van der Waals surface area contributed by atoms with E-state index in [-0.39, 0.29) is 4.90 Å². The molecule has 0 spiro atoms. The summed E-state index contributed by atoms with van der Waals surface area (Å²) < 4.78 is 27.4. The average molecular weight is 311 g/mol. The summed E-state index contributed by atoms with van der Waals surface area (Å²) in [5, 5.41) is 10.4. The molecule has 7 heteroatoms. The van der Waals surface area contributed by atoms with E-state index in [1.807, 2.05) is 25.3 Å². The van der Waals surface area contributed by atoms with Gasteiger partial charge in [0, 0.05) is 23.2 Å². The third-order valence-electron chi connectivity index (χ3n) is 3.09. The minimum absolute atomic E-state index is 0.185. The number of primary sulfonamides is 1. The lowest BCUT2D eigenvalue weighted by Crippen LogP contribution is -2.15. The predicted octanol–water partition coefficient (Wildman–Crippen LogP) is 2.27. The summed E-state index contributed by atoms with van der Waals surface area (Å²) in [6.45, 7) is 4.46. The predicted molar refractivity (Wildman–Crippen MR) is 81.4 cm³/mol. The Kier molecular flexibility index (Phi) is 4.42. The van der Waals surface area contributed by atoms with Gasteiger partial charge < -0.3 is 5.32 Å². The van der Waals surface area contributed by atoms with Crippen LogP contribution in [0.4, 0.5) is 5.69 Å². The number of nitrogens with two attached hydrogens (primary N) is 1. The molecule has 1 aromatic carbocycles. The highest BCUT2D eigenvalue weighted by Crippen LogP contribution is 2.21. The first-order valence-electron chi connectivity index (χ1n) is 6.21. The number of hydrogen-bond acceptors (Lipinski definition) is 5. The molecule has 0 aliphatic carbocycles. The fourth-order valence-electron chi connectivity index (χ4n) is 1.90. The zero-order valence-corrected chi connectivity index (χ0v) is 13.0. The minimum atomic E-state index is -3.70. The van der Waals surface area contributed by atoms with Gasteiger partial charge in [0.2, 0.25) is 10.0 Å². The quantitative estimate of drug-likeness (QED) is 0.887. The molecule has 0 aliphatic heterocycles. The van der Waals surface area contributed by atoms with Crippen LogP contribution in [0.25, 0.3) is 0 Å². The van der Waals surface area contributed by atoms with Gasteiger partial charge >= 0.3 is 0 Å². The fourth-order valence-corrected chi connectivity index (χ4v) is 3.48. The highest BCUT2D eigenvalue weighted by atomic mass is 32.2. The highest BCUT2D eigenvalue weighted by Gasteiger charge is 2.13. The van der Waals surface area contributed by atoms with E-state index in [4.69, 9.17) is 5.14 Å². The van der Waals surface area contributed by atoms with Crippen molar-refractivity contribution >= 4 is 27.2 Å². The standard InChI is InChI=1S/C13H17N3O2S2/c1-3-10-4-5-12(6-13(10)20(14,17)18)15-7-11-8-19-16-9(11)2/h4-6,8,15H,3,7H2,1-2H3,(H2,14,17,18). The normalized spacial score (nSPS) is 11.6. The number of sulfonamides is 1. The lowest BCUT2D eigenvalue weighted by molar-refractivity contribution is 0.596. The summed E-state index contributed by atoms with van der Waals surface area (Å²) >= 11 is 1.41. The second-order valence-corrected chi connectivity index (χ2v) is 6.66. The van der Waals surface area contributed by atoms with E-state index in [0.29, 0.717) is 13.0 Å². The molecule has 0 bridgehead atoms. The molecule has 0 atom stereocenters.